The van der Waals surface area contributed by atoms with E-state index < -0.39 is 0 Å². The molecule has 3 nitrogen and oxygen atoms in total. The average Bonchev–Trinajstić information content (AvgIpc) is 2.89. The van der Waals surface area contributed by atoms with E-state index in [2.05, 4.69) is 68.0 Å². The van der Waals surface area contributed by atoms with Crippen molar-refractivity contribution in [3.8, 4) is 5.69 Å². The van der Waals surface area contributed by atoms with Gasteiger partial charge in [0.2, 0.25) is 0 Å². The number of benzene rings is 1. The Balaban J connectivity index is 2.28. The lowest BCUT2D eigenvalue weighted by molar-refractivity contribution is 0.588. The molecule has 2 aromatic rings. The lowest BCUT2D eigenvalue weighted by Gasteiger charge is -2.11. The minimum atomic E-state index is 0.501. The summed E-state index contributed by atoms with van der Waals surface area (Å²) in [6.45, 7) is 9.56. The second-order valence-corrected chi connectivity index (χ2v) is 5.45. The standard InChI is InChI=1S/C17H25N3/c1-5-15-11-16(6-2)20(19-15)17-9-7-8-14(10-17)12-18-13(3)4/h7-11,13,18H,5-6,12H2,1-4H3. The topological polar surface area (TPSA) is 29.9 Å². The zero-order valence-corrected chi connectivity index (χ0v) is 13.0. The molecule has 0 radical (unpaired) electrons. The van der Waals surface area contributed by atoms with Gasteiger partial charge in [-0.2, -0.15) is 5.10 Å². The Morgan fingerprint density at radius 3 is 2.60 bits per heavy atom. The minimum Gasteiger partial charge on any atom is -0.310 e. The number of hydrogen-bond donors (Lipinski definition) is 1. The summed E-state index contributed by atoms with van der Waals surface area (Å²) in [5.74, 6) is 0. The molecule has 0 amide bonds. The molecule has 1 N–H and O–H groups in total. The second kappa shape index (κ2) is 6.71. The van der Waals surface area contributed by atoms with Crippen LogP contribution in [0.25, 0.3) is 5.69 Å². The van der Waals surface area contributed by atoms with Gasteiger partial charge in [-0.25, -0.2) is 4.68 Å². The van der Waals surface area contributed by atoms with Crippen molar-refractivity contribution in [2.45, 2.75) is 53.1 Å². The van der Waals surface area contributed by atoms with Crippen LogP contribution in [0.5, 0.6) is 0 Å². The van der Waals surface area contributed by atoms with Crippen molar-refractivity contribution in [3.63, 3.8) is 0 Å². The fraction of sp³-hybridized carbons (Fsp3) is 0.471. The molecule has 0 saturated heterocycles. The maximum atomic E-state index is 4.70. The third kappa shape index (κ3) is 3.48. The summed E-state index contributed by atoms with van der Waals surface area (Å²) >= 11 is 0. The molecule has 0 aliphatic rings. The summed E-state index contributed by atoms with van der Waals surface area (Å²) < 4.78 is 2.08. The zero-order valence-electron chi connectivity index (χ0n) is 13.0. The van der Waals surface area contributed by atoms with Gasteiger partial charge in [0.15, 0.2) is 0 Å². The third-order valence-electron chi connectivity index (χ3n) is 3.43. The van der Waals surface area contributed by atoms with Crippen LogP contribution < -0.4 is 5.32 Å². The van der Waals surface area contributed by atoms with E-state index in [0.717, 1.165) is 30.8 Å². The van der Waals surface area contributed by atoms with Gasteiger partial charge in [-0.15, -0.1) is 0 Å². The number of hydrogen-bond acceptors (Lipinski definition) is 2. The highest BCUT2D eigenvalue weighted by molar-refractivity contribution is 5.37. The van der Waals surface area contributed by atoms with Crippen LogP contribution in [-0.2, 0) is 19.4 Å². The Morgan fingerprint density at radius 1 is 1.15 bits per heavy atom. The quantitative estimate of drug-likeness (QED) is 0.871. The Labute approximate surface area is 122 Å². The van der Waals surface area contributed by atoms with Gasteiger partial charge in [-0.05, 0) is 36.6 Å². The summed E-state index contributed by atoms with van der Waals surface area (Å²) in [7, 11) is 0. The van der Waals surface area contributed by atoms with Crippen LogP contribution in [0.1, 0.15) is 44.6 Å². The van der Waals surface area contributed by atoms with Crippen molar-refractivity contribution in [3.05, 3.63) is 47.3 Å². The Kier molecular flexibility index (Phi) is 4.96. The molecular weight excluding hydrogens is 246 g/mol. The van der Waals surface area contributed by atoms with Crippen LogP contribution in [0.4, 0.5) is 0 Å². The van der Waals surface area contributed by atoms with Crippen LogP contribution in [0, 0.1) is 0 Å². The van der Waals surface area contributed by atoms with Crippen LogP contribution >= 0.6 is 0 Å². The molecule has 0 spiro atoms. The van der Waals surface area contributed by atoms with E-state index in [0.29, 0.717) is 6.04 Å². The lowest BCUT2D eigenvalue weighted by Crippen LogP contribution is -2.21. The predicted molar refractivity (Wildman–Crippen MR) is 84.3 cm³/mol. The average molecular weight is 271 g/mol. The highest BCUT2D eigenvalue weighted by Crippen LogP contribution is 2.15. The molecule has 0 atom stereocenters. The largest absolute Gasteiger partial charge is 0.310 e. The van der Waals surface area contributed by atoms with Crippen molar-refractivity contribution in [2.24, 2.45) is 0 Å². The second-order valence-electron chi connectivity index (χ2n) is 5.45. The normalized spacial score (nSPS) is 11.2. The molecule has 0 aliphatic carbocycles. The first-order chi connectivity index (χ1) is 9.63. The summed E-state index contributed by atoms with van der Waals surface area (Å²) in [5, 5.41) is 8.16. The highest BCUT2D eigenvalue weighted by atomic mass is 15.3. The molecule has 3 heteroatoms. The van der Waals surface area contributed by atoms with Gasteiger partial charge in [0.05, 0.1) is 11.4 Å². The van der Waals surface area contributed by atoms with Gasteiger partial charge in [0.25, 0.3) is 0 Å². The van der Waals surface area contributed by atoms with E-state index in [-0.39, 0.29) is 0 Å². The van der Waals surface area contributed by atoms with Gasteiger partial charge < -0.3 is 5.32 Å². The summed E-state index contributed by atoms with van der Waals surface area (Å²) in [6.07, 6.45) is 1.98. The highest BCUT2D eigenvalue weighted by Gasteiger charge is 2.07. The number of rotatable bonds is 6. The predicted octanol–water partition coefficient (Wildman–Crippen LogP) is 3.50. The van der Waals surface area contributed by atoms with Gasteiger partial charge in [0, 0.05) is 18.3 Å². The molecule has 0 unspecified atom stereocenters. The number of aryl methyl sites for hydroxylation is 2. The molecule has 0 bridgehead atoms. The fourth-order valence-electron chi connectivity index (χ4n) is 2.24. The van der Waals surface area contributed by atoms with Crippen LogP contribution in [0.15, 0.2) is 30.3 Å². The summed E-state index contributed by atoms with van der Waals surface area (Å²) in [6, 6.07) is 11.3. The third-order valence-corrected chi connectivity index (χ3v) is 3.43. The molecule has 0 aliphatic heterocycles. The van der Waals surface area contributed by atoms with Crippen molar-refractivity contribution < 1.29 is 0 Å². The Morgan fingerprint density at radius 2 is 1.95 bits per heavy atom. The molecule has 2 rings (SSSR count). The fourth-order valence-corrected chi connectivity index (χ4v) is 2.24. The van der Waals surface area contributed by atoms with Crippen LogP contribution in [0.3, 0.4) is 0 Å². The van der Waals surface area contributed by atoms with E-state index in [1.807, 2.05) is 0 Å². The molecule has 1 aromatic carbocycles. The van der Waals surface area contributed by atoms with E-state index in [1.54, 1.807) is 0 Å². The van der Waals surface area contributed by atoms with E-state index in [1.165, 1.54) is 11.3 Å². The van der Waals surface area contributed by atoms with Crippen molar-refractivity contribution in [1.82, 2.24) is 15.1 Å². The number of aromatic nitrogens is 2. The van der Waals surface area contributed by atoms with E-state index in [9.17, 15) is 0 Å². The maximum absolute atomic E-state index is 4.70. The van der Waals surface area contributed by atoms with Crippen molar-refractivity contribution >= 4 is 0 Å². The van der Waals surface area contributed by atoms with Crippen LogP contribution in [0.2, 0.25) is 0 Å². The van der Waals surface area contributed by atoms with E-state index in [4.69, 9.17) is 5.10 Å². The van der Waals surface area contributed by atoms with Gasteiger partial charge >= 0.3 is 0 Å². The van der Waals surface area contributed by atoms with Gasteiger partial charge in [-0.1, -0.05) is 39.8 Å². The van der Waals surface area contributed by atoms with Gasteiger partial charge in [-0.3, -0.25) is 0 Å². The first kappa shape index (κ1) is 14.8. The number of nitrogens with one attached hydrogen (secondary N) is 1. The summed E-state index contributed by atoms with van der Waals surface area (Å²) in [4.78, 5) is 0. The van der Waals surface area contributed by atoms with E-state index >= 15 is 0 Å². The molecular formula is C17H25N3. The molecule has 1 aromatic heterocycles. The monoisotopic (exact) mass is 271 g/mol. The summed E-state index contributed by atoms with van der Waals surface area (Å²) in [5.41, 5.74) is 4.89. The Hall–Kier alpha value is -1.61. The first-order valence-electron chi connectivity index (χ1n) is 7.54. The van der Waals surface area contributed by atoms with Crippen molar-refractivity contribution in [2.75, 3.05) is 0 Å². The smallest absolute Gasteiger partial charge is 0.0652 e. The Bertz CT molecular complexity index is 555. The molecule has 108 valence electrons. The minimum absolute atomic E-state index is 0.501. The molecule has 0 fully saturated rings. The SMILES string of the molecule is CCc1cc(CC)n(-c2cccc(CNC(C)C)c2)n1. The maximum Gasteiger partial charge on any atom is 0.0652 e. The number of nitrogens with zero attached hydrogens (tertiary/aromatic N) is 2. The van der Waals surface area contributed by atoms with Crippen LogP contribution in [-0.4, -0.2) is 15.8 Å². The lowest BCUT2D eigenvalue weighted by atomic mass is 10.2. The molecule has 0 saturated carbocycles. The molecule has 1 heterocycles. The van der Waals surface area contributed by atoms with Crippen molar-refractivity contribution in [1.29, 1.82) is 0 Å². The van der Waals surface area contributed by atoms with Gasteiger partial charge in [0.1, 0.15) is 0 Å². The first-order valence-corrected chi connectivity index (χ1v) is 7.54. The molecule has 20 heavy (non-hydrogen) atoms. The zero-order chi connectivity index (χ0) is 14.5.